The van der Waals surface area contributed by atoms with Crippen molar-refractivity contribution in [1.82, 2.24) is 15.5 Å². The molecule has 112 valence electrons. The molecule has 2 N–H and O–H groups in total. The first-order valence-corrected chi connectivity index (χ1v) is 6.69. The van der Waals surface area contributed by atoms with Crippen LogP contribution in [0.1, 0.15) is 34.1 Å². The molecule has 7 nitrogen and oxygen atoms in total. The van der Waals surface area contributed by atoms with Gasteiger partial charge >= 0.3 is 0 Å². The Hall–Kier alpha value is -1.92. The van der Waals surface area contributed by atoms with Crippen LogP contribution in [-0.4, -0.2) is 47.2 Å². The number of nitrogens with zero attached hydrogens (tertiary/aromatic N) is 1. The monoisotopic (exact) mass is 283 g/mol. The number of nitrogens with one attached hydrogen (secondary N) is 2. The second kappa shape index (κ2) is 6.49. The lowest BCUT2D eigenvalue weighted by atomic mass is 10.00. The van der Waals surface area contributed by atoms with E-state index < -0.39 is 29.8 Å². The van der Waals surface area contributed by atoms with Gasteiger partial charge in [0.1, 0.15) is 18.6 Å². The summed E-state index contributed by atoms with van der Waals surface area (Å²) in [5.41, 5.74) is 0. The number of amides is 4. The number of carbonyl (C=O) groups excluding carboxylic acids is 4. The minimum absolute atomic E-state index is 0.135. The largest absolute Gasteiger partial charge is 0.344 e. The lowest BCUT2D eigenvalue weighted by Gasteiger charge is -2.36. The van der Waals surface area contributed by atoms with E-state index in [-0.39, 0.29) is 18.4 Å². The molecule has 0 aromatic carbocycles. The van der Waals surface area contributed by atoms with Gasteiger partial charge in [0.05, 0.1) is 0 Å². The first-order chi connectivity index (χ1) is 9.27. The highest BCUT2D eigenvalue weighted by atomic mass is 16.2. The summed E-state index contributed by atoms with van der Waals surface area (Å²) in [6, 6.07) is -1.41. The van der Waals surface area contributed by atoms with Gasteiger partial charge in [-0.3, -0.25) is 24.5 Å². The van der Waals surface area contributed by atoms with Gasteiger partial charge in [0, 0.05) is 6.92 Å². The zero-order valence-electron chi connectivity index (χ0n) is 12.2. The lowest BCUT2D eigenvalue weighted by molar-refractivity contribution is -0.152. The Kier molecular flexibility index (Phi) is 5.24. The first kappa shape index (κ1) is 16.1. The maximum atomic E-state index is 12.5. The highest BCUT2D eigenvalue weighted by Crippen LogP contribution is 2.14. The molecule has 0 aliphatic carbocycles. The number of piperazine rings is 1. The molecule has 7 heteroatoms. The molecule has 1 aliphatic heterocycles. The van der Waals surface area contributed by atoms with Crippen molar-refractivity contribution < 1.29 is 19.2 Å². The molecular weight excluding hydrogens is 262 g/mol. The molecule has 1 rings (SSSR count). The normalized spacial score (nSPS) is 20.6. The summed E-state index contributed by atoms with van der Waals surface area (Å²) in [7, 11) is 0. The summed E-state index contributed by atoms with van der Waals surface area (Å²) in [6.45, 7) is 6.53. The second-order valence-corrected chi connectivity index (χ2v) is 5.22. The van der Waals surface area contributed by atoms with Crippen molar-refractivity contribution in [2.45, 2.75) is 46.2 Å². The molecule has 2 unspecified atom stereocenters. The SMILES string of the molecule is CCC1C(=O)NC(=O)CN1C(=O)C(NC(C)=O)C(C)C. The van der Waals surface area contributed by atoms with E-state index in [0.717, 1.165) is 0 Å². The van der Waals surface area contributed by atoms with Crippen LogP contribution in [0.5, 0.6) is 0 Å². The minimum atomic E-state index is -0.736. The van der Waals surface area contributed by atoms with E-state index in [1.54, 1.807) is 20.8 Å². The standard InChI is InChI=1S/C13H21N3O4/c1-5-9-12(19)15-10(18)6-16(9)13(20)11(7(2)3)14-8(4)17/h7,9,11H,5-6H2,1-4H3,(H,14,17)(H,15,18,19). The fourth-order valence-corrected chi connectivity index (χ4v) is 2.22. The van der Waals surface area contributed by atoms with Gasteiger partial charge in [0.15, 0.2) is 0 Å². The van der Waals surface area contributed by atoms with Crippen molar-refractivity contribution in [3.05, 3.63) is 0 Å². The molecule has 4 amide bonds. The van der Waals surface area contributed by atoms with Crippen LogP contribution in [0.2, 0.25) is 0 Å². The van der Waals surface area contributed by atoms with Crippen LogP contribution in [0, 0.1) is 5.92 Å². The van der Waals surface area contributed by atoms with Gasteiger partial charge in [-0.05, 0) is 12.3 Å². The van der Waals surface area contributed by atoms with Crippen LogP contribution in [0.15, 0.2) is 0 Å². The van der Waals surface area contributed by atoms with Crippen LogP contribution < -0.4 is 10.6 Å². The van der Waals surface area contributed by atoms with Crippen molar-refractivity contribution in [2.24, 2.45) is 5.92 Å². The predicted molar refractivity (Wildman–Crippen MR) is 71.4 cm³/mol. The maximum absolute atomic E-state index is 12.5. The van der Waals surface area contributed by atoms with E-state index in [0.29, 0.717) is 6.42 Å². The molecular formula is C13H21N3O4. The molecule has 20 heavy (non-hydrogen) atoms. The zero-order valence-corrected chi connectivity index (χ0v) is 12.2. The minimum Gasteiger partial charge on any atom is -0.344 e. The summed E-state index contributed by atoms with van der Waals surface area (Å²) in [5.74, 6) is -1.83. The van der Waals surface area contributed by atoms with Crippen LogP contribution in [0.3, 0.4) is 0 Å². The summed E-state index contributed by atoms with van der Waals surface area (Å²) >= 11 is 0. The van der Waals surface area contributed by atoms with E-state index in [1.807, 2.05) is 0 Å². The average Bonchev–Trinajstić information content (AvgIpc) is 2.33. The first-order valence-electron chi connectivity index (χ1n) is 6.69. The molecule has 0 aromatic heterocycles. The Bertz CT molecular complexity index is 433. The van der Waals surface area contributed by atoms with Crippen LogP contribution >= 0.6 is 0 Å². The summed E-state index contributed by atoms with van der Waals surface area (Å²) < 4.78 is 0. The number of hydrogen-bond donors (Lipinski definition) is 2. The van der Waals surface area contributed by atoms with Crippen LogP contribution in [0.25, 0.3) is 0 Å². The van der Waals surface area contributed by atoms with Gasteiger partial charge in [-0.15, -0.1) is 0 Å². The molecule has 0 aromatic rings. The Morgan fingerprint density at radius 1 is 1.40 bits per heavy atom. The number of imide groups is 1. The Labute approximate surface area is 118 Å². The lowest BCUT2D eigenvalue weighted by Crippen LogP contribution is -2.63. The van der Waals surface area contributed by atoms with E-state index in [2.05, 4.69) is 10.6 Å². The van der Waals surface area contributed by atoms with E-state index in [9.17, 15) is 19.2 Å². The average molecular weight is 283 g/mol. The molecule has 1 fully saturated rings. The van der Waals surface area contributed by atoms with E-state index in [4.69, 9.17) is 0 Å². The number of carbonyl (C=O) groups is 4. The molecule has 1 heterocycles. The molecule has 0 bridgehead atoms. The highest BCUT2D eigenvalue weighted by molar-refractivity contribution is 6.05. The third-order valence-corrected chi connectivity index (χ3v) is 3.22. The molecule has 0 saturated carbocycles. The third kappa shape index (κ3) is 3.55. The molecule has 0 spiro atoms. The summed E-state index contributed by atoms with van der Waals surface area (Å²) in [5, 5.41) is 4.79. The highest BCUT2D eigenvalue weighted by Gasteiger charge is 2.39. The number of hydrogen-bond acceptors (Lipinski definition) is 4. The fraction of sp³-hybridized carbons (Fsp3) is 0.692. The van der Waals surface area contributed by atoms with Crippen molar-refractivity contribution in [3.8, 4) is 0 Å². The van der Waals surface area contributed by atoms with Crippen molar-refractivity contribution >= 4 is 23.6 Å². The molecule has 1 aliphatic rings. The predicted octanol–water partition coefficient (Wildman–Crippen LogP) is -0.589. The molecule has 0 radical (unpaired) electrons. The summed E-state index contributed by atoms with van der Waals surface area (Å²) in [4.78, 5) is 48.2. The second-order valence-electron chi connectivity index (χ2n) is 5.22. The number of rotatable bonds is 4. The van der Waals surface area contributed by atoms with Gasteiger partial charge in [0.2, 0.25) is 23.6 Å². The van der Waals surface area contributed by atoms with Gasteiger partial charge in [-0.1, -0.05) is 20.8 Å². The van der Waals surface area contributed by atoms with E-state index in [1.165, 1.54) is 11.8 Å². The van der Waals surface area contributed by atoms with Gasteiger partial charge in [0.25, 0.3) is 0 Å². The summed E-state index contributed by atoms with van der Waals surface area (Å²) in [6.07, 6.45) is 0.412. The van der Waals surface area contributed by atoms with Crippen LogP contribution in [-0.2, 0) is 19.2 Å². The zero-order chi connectivity index (χ0) is 15.4. The Morgan fingerprint density at radius 3 is 2.45 bits per heavy atom. The van der Waals surface area contributed by atoms with Crippen molar-refractivity contribution in [1.29, 1.82) is 0 Å². The third-order valence-electron chi connectivity index (χ3n) is 3.22. The van der Waals surface area contributed by atoms with Gasteiger partial charge in [-0.25, -0.2) is 0 Å². The topological polar surface area (TPSA) is 95.6 Å². The van der Waals surface area contributed by atoms with Gasteiger partial charge in [-0.2, -0.15) is 0 Å². The Balaban J connectivity index is 2.98. The smallest absolute Gasteiger partial charge is 0.249 e. The molecule has 1 saturated heterocycles. The molecule has 2 atom stereocenters. The van der Waals surface area contributed by atoms with Crippen molar-refractivity contribution in [3.63, 3.8) is 0 Å². The van der Waals surface area contributed by atoms with Gasteiger partial charge < -0.3 is 10.2 Å². The van der Waals surface area contributed by atoms with E-state index >= 15 is 0 Å². The van der Waals surface area contributed by atoms with Crippen molar-refractivity contribution in [2.75, 3.05) is 6.54 Å². The van der Waals surface area contributed by atoms with Crippen LogP contribution in [0.4, 0.5) is 0 Å². The Morgan fingerprint density at radius 2 is 2.00 bits per heavy atom. The fourth-order valence-electron chi connectivity index (χ4n) is 2.22. The maximum Gasteiger partial charge on any atom is 0.249 e. The quantitative estimate of drug-likeness (QED) is 0.674.